The standard InChI is InChI=1S/C22H25N7O/c30-22(25-12-16-4-3-7-23-11-16)19-14-28-9-6-17(19)10-18(28)13-29-15-21(26-27-29)20-5-1-2-8-24-20/h1-5,7-8,11,15,17-19H,6,9-10,12-14H2,(H,25,30)/t17-,18+,19-/m0/s1. The number of nitrogens with one attached hydrogen (secondary N) is 1. The molecule has 3 aromatic heterocycles. The van der Waals surface area contributed by atoms with Gasteiger partial charge in [-0.3, -0.25) is 24.3 Å². The number of hydrogen-bond donors (Lipinski definition) is 1. The summed E-state index contributed by atoms with van der Waals surface area (Å²) < 4.78 is 1.91. The first kappa shape index (κ1) is 18.9. The monoisotopic (exact) mass is 403 g/mol. The first-order chi connectivity index (χ1) is 14.8. The molecule has 1 N–H and O–H groups in total. The van der Waals surface area contributed by atoms with Gasteiger partial charge in [-0.2, -0.15) is 0 Å². The molecule has 0 radical (unpaired) electrons. The lowest BCUT2D eigenvalue weighted by Crippen LogP contribution is -2.58. The summed E-state index contributed by atoms with van der Waals surface area (Å²) in [5, 5.41) is 11.7. The third kappa shape index (κ3) is 3.95. The van der Waals surface area contributed by atoms with E-state index >= 15 is 0 Å². The Morgan fingerprint density at radius 2 is 2.13 bits per heavy atom. The lowest BCUT2D eigenvalue weighted by atomic mass is 9.75. The molecule has 3 aliphatic rings. The Kier molecular flexibility index (Phi) is 5.23. The summed E-state index contributed by atoms with van der Waals surface area (Å²) in [7, 11) is 0. The van der Waals surface area contributed by atoms with Crippen LogP contribution in [-0.2, 0) is 17.9 Å². The molecule has 3 aliphatic heterocycles. The molecule has 0 aliphatic carbocycles. The Morgan fingerprint density at radius 3 is 2.90 bits per heavy atom. The number of nitrogens with zero attached hydrogens (tertiary/aromatic N) is 6. The van der Waals surface area contributed by atoms with Crippen LogP contribution in [-0.4, -0.2) is 54.9 Å². The molecule has 3 saturated heterocycles. The number of carbonyl (C=O) groups excluding carboxylic acids is 1. The van der Waals surface area contributed by atoms with Crippen molar-refractivity contribution in [3.05, 3.63) is 60.7 Å². The molecule has 0 saturated carbocycles. The molecule has 0 aromatic carbocycles. The summed E-state index contributed by atoms with van der Waals surface area (Å²) in [6.45, 7) is 3.19. The fraction of sp³-hybridized carbons (Fsp3) is 0.409. The van der Waals surface area contributed by atoms with Crippen LogP contribution in [0.25, 0.3) is 11.4 Å². The number of hydrogen-bond acceptors (Lipinski definition) is 6. The van der Waals surface area contributed by atoms with Crippen molar-refractivity contribution < 1.29 is 4.79 Å². The summed E-state index contributed by atoms with van der Waals surface area (Å²) in [4.78, 5) is 23.7. The van der Waals surface area contributed by atoms with Gasteiger partial charge in [0.1, 0.15) is 5.69 Å². The van der Waals surface area contributed by atoms with E-state index in [1.54, 1.807) is 18.6 Å². The fourth-order valence-electron chi connectivity index (χ4n) is 4.68. The largest absolute Gasteiger partial charge is 0.352 e. The summed E-state index contributed by atoms with van der Waals surface area (Å²) in [6, 6.07) is 10.1. The molecule has 154 valence electrons. The minimum atomic E-state index is 0.0616. The van der Waals surface area contributed by atoms with E-state index in [1.165, 1.54) is 0 Å². The Morgan fingerprint density at radius 1 is 1.17 bits per heavy atom. The molecule has 6 heterocycles. The highest BCUT2D eigenvalue weighted by atomic mass is 16.1. The number of rotatable bonds is 6. The highest BCUT2D eigenvalue weighted by Gasteiger charge is 2.43. The zero-order chi connectivity index (χ0) is 20.3. The minimum absolute atomic E-state index is 0.0616. The predicted molar refractivity (Wildman–Crippen MR) is 111 cm³/mol. The molecule has 30 heavy (non-hydrogen) atoms. The van der Waals surface area contributed by atoms with Crippen molar-refractivity contribution in [3.8, 4) is 11.4 Å². The first-order valence-electron chi connectivity index (χ1n) is 10.5. The van der Waals surface area contributed by atoms with Crippen molar-refractivity contribution in [2.45, 2.75) is 32.0 Å². The van der Waals surface area contributed by atoms with Gasteiger partial charge in [0, 0.05) is 37.7 Å². The summed E-state index contributed by atoms with van der Waals surface area (Å²) in [5.41, 5.74) is 2.65. The molecule has 8 nitrogen and oxygen atoms in total. The molecule has 2 bridgehead atoms. The maximum atomic E-state index is 12.8. The van der Waals surface area contributed by atoms with E-state index in [9.17, 15) is 4.79 Å². The first-order valence-corrected chi connectivity index (χ1v) is 10.5. The molecule has 6 rings (SSSR count). The van der Waals surface area contributed by atoms with E-state index < -0.39 is 0 Å². The third-order valence-electron chi connectivity index (χ3n) is 6.27. The number of carbonyl (C=O) groups is 1. The molecule has 8 heteroatoms. The quantitative estimate of drug-likeness (QED) is 0.675. The maximum Gasteiger partial charge on any atom is 0.224 e. The Labute approximate surface area is 175 Å². The highest BCUT2D eigenvalue weighted by molar-refractivity contribution is 5.79. The van der Waals surface area contributed by atoms with Crippen molar-refractivity contribution >= 4 is 5.91 Å². The second kappa shape index (κ2) is 8.31. The lowest BCUT2D eigenvalue weighted by molar-refractivity contribution is -0.133. The van der Waals surface area contributed by atoms with Crippen LogP contribution >= 0.6 is 0 Å². The van der Waals surface area contributed by atoms with E-state index in [4.69, 9.17) is 0 Å². The van der Waals surface area contributed by atoms with Gasteiger partial charge in [0.2, 0.25) is 5.91 Å². The smallest absolute Gasteiger partial charge is 0.224 e. The van der Waals surface area contributed by atoms with E-state index in [0.29, 0.717) is 18.5 Å². The minimum Gasteiger partial charge on any atom is -0.352 e. The molecule has 1 amide bonds. The zero-order valence-corrected chi connectivity index (χ0v) is 16.8. The summed E-state index contributed by atoms with van der Waals surface area (Å²) in [5.74, 6) is 0.643. The number of fused-ring (bicyclic) bond motifs is 3. The van der Waals surface area contributed by atoms with E-state index in [2.05, 4.69) is 30.5 Å². The van der Waals surface area contributed by atoms with Gasteiger partial charge in [0.05, 0.1) is 24.4 Å². The van der Waals surface area contributed by atoms with Crippen LogP contribution in [0.3, 0.4) is 0 Å². The molecule has 3 aromatic rings. The van der Waals surface area contributed by atoms with Crippen LogP contribution in [0.2, 0.25) is 0 Å². The second-order valence-electron chi connectivity index (χ2n) is 8.16. The Bertz CT molecular complexity index is 991. The van der Waals surface area contributed by atoms with Gasteiger partial charge in [-0.15, -0.1) is 5.10 Å². The van der Waals surface area contributed by atoms with Crippen molar-refractivity contribution in [3.63, 3.8) is 0 Å². The van der Waals surface area contributed by atoms with Crippen LogP contribution in [0, 0.1) is 11.8 Å². The van der Waals surface area contributed by atoms with Gasteiger partial charge in [-0.05, 0) is 49.1 Å². The number of pyridine rings is 2. The van der Waals surface area contributed by atoms with E-state index in [1.807, 2.05) is 41.2 Å². The van der Waals surface area contributed by atoms with Crippen LogP contribution in [0.1, 0.15) is 18.4 Å². The molecule has 0 spiro atoms. The molecule has 3 fully saturated rings. The van der Waals surface area contributed by atoms with Crippen molar-refractivity contribution in [2.24, 2.45) is 11.8 Å². The summed E-state index contributed by atoms with van der Waals surface area (Å²) >= 11 is 0. The second-order valence-corrected chi connectivity index (χ2v) is 8.16. The van der Waals surface area contributed by atoms with Gasteiger partial charge < -0.3 is 5.32 Å². The predicted octanol–water partition coefficient (Wildman–Crippen LogP) is 1.76. The number of piperidine rings is 3. The van der Waals surface area contributed by atoms with Crippen molar-refractivity contribution in [1.29, 1.82) is 0 Å². The zero-order valence-electron chi connectivity index (χ0n) is 16.8. The van der Waals surface area contributed by atoms with Crippen molar-refractivity contribution in [2.75, 3.05) is 13.1 Å². The number of aromatic nitrogens is 5. The van der Waals surface area contributed by atoms with Gasteiger partial charge >= 0.3 is 0 Å². The molecule has 1 unspecified atom stereocenters. The fourth-order valence-corrected chi connectivity index (χ4v) is 4.68. The van der Waals surface area contributed by atoms with Gasteiger partial charge in [-0.25, -0.2) is 0 Å². The maximum absolute atomic E-state index is 12.8. The topological polar surface area (TPSA) is 88.8 Å². The van der Waals surface area contributed by atoms with E-state index in [-0.39, 0.29) is 11.8 Å². The number of amides is 1. The SMILES string of the molecule is O=C(NCc1cccnc1)[C@H]1CN2CC[C@H]1C[C@@H]2Cn1cc(-c2ccccn2)nn1. The molecule has 4 atom stereocenters. The Balaban J connectivity index is 1.19. The third-order valence-corrected chi connectivity index (χ3v) is 6.27. The average molecular weight is 403 g/mol. The van der Waals surface area contributed by atoms with Crippen LogP contribution in [0.4, 0.5) is 0 Å². The van der Waals surface area contributed by atoms with Crippen LogP contribution in [0.5, 0.6) is 0 Å². The van der Waals surface area contributed by atoms with E-state index in [0.717, 1.165) is 49.4 Å². The lowest BCUT2D eigenvalue weighted by Gasteiger charge is -2.49. The van der Waals surface area contributed by atoms with Gasteiger partial charge in [0.25, 0.3) is 0 Å². The van der Waals surface area contributed by atoms with Crippen molar-refractivity contribution in [1.82, 2.24) is 35.2 Å². The normalized spacial score (nSPS) is 25.2. The van der Waals surface area contributed by atoms with Crippen LogP contribution in [0.15, 0.2) is 55.1 Å². The van der Waals surface area contributed by atoms with Gasteiger partial charge in [-0.1, -0.05) is 17.3 Å². The average Bonchev–Trinajstić information content (AvgIpc) is 3.28. The van der Waals surface area contributed by atoms with Crippen LogP contribution < -0.4 is 5.32 Å². The highest BCUT2D eigenvalue weighted by Crippen LogP contribution is 2.37. The molecular formula is C22H25N7O. The summed E-state index contributed by atoms with van der Waals surface area (Å²) in [6.07, 6.45) is 9.36. The molecular weight excluding hydrogens is 378 g/mol. The van der Waals surface area contributed by atoms with Gasteiger partial charge in [0.15, 0.2) is 0 Å². The Hall–Kier alpha value is -3.13.